The third-order valence-electron chi connectivity index (χ3n) is 2.76. The van der Waals surface area contributed by atoms with Crippen molar-refractivity contribution in [2.75, 3.05) is 25.3 Å². The van der Waals surface area contributed by atoms with Gasteiger partial charge in [0, 0.05) is 11.8 Å². The fraction of sp³-hybridized carbons (Fsp3) is 0.214. The summed E-state index contributed by atoms with van der Waals surface area (Å²) in [6.45, 7) is 1.78. The third kappa shape index (κ3) is 3.19. The minimum absolute atomic E-state index is 0.154. The summed E-state index contributed by atoms with van der Waals surface area (Å²) in [5.41, 5.74) is 7.14. The number of nitrogens with one attached hydrogen (secondary N) is 1. The smallest absolute Gasteiger partial charge is 0.261 e. The number of aromatic nitrogens is 2. The number of hydrogen-bond donors (Lipinski definition) is 2. The molecule has 0 radical (unpaired) electrons. The highest BCUT2D eigenvalue weighted by Crippen LogP contribution is 2.26. The first kappa shape index (κ1) is 14.6. The van der Waals surface area contributed by atoms with Crippen LogP contribution in [0.2, 0.25) is 0 Å². The van der Waals surface area contributed by atoms with Gasteiger partial charge in [-0.05, 0) is 19.1 Å². The maximum atomic E-state index is 12.3. The van der Waals surface area contributed by atoms with Crippen LogP contribution >= 0.6 is 0 Å². The second kappa shape index (κ2) is 6.08. The van der Waals surface area contributed by atoms with E-state index in [1.54, 1.807) is 31.2 Å². The van der Waals surface area contributed by atoms with Crippen molar-refractivity contribution in [3.05, 3.63) is 35.5 Å². The standard InChI is InChI=1S/C14H16N4O3/c1-8-7-11(20-2)17-14(16-8)18-13(19)9-5-4-6-10(15)12(9)21-3/h4-7H,15H2,1-3H3,(H,16,17,18,19). The van der Waals surface area contributed by atoms with Gasteiger partial charge in [0.15, 0.2) is 5.75 Å². The zero-order valence-electron chi connectivity index (χ0n) is 12.0. The molecule has 7 nitrogen and oxygen atoms in total. The molecule has 1 aromatic heterocycles. The minimum atomic E-state index is -0.410. The van der Waals surface area contributed by atoms with Gasteiger partial charge in [-0.15, -0.1) is 0 Å². The summed E-state index contributed by atoms with van der Waals surface area (Å²) in [6.07, 6.45) is 0. The number of benzene rings is 1. The van der Waals surface area contributed by atoms with Crippen molar-refractivity contribution < 1.29 is 14.3 Å². The fourth-order valence-electron chi connectivity index (χ4n) is 1.83. The number of carbonyl (C=O) groups is 1. The molecule has 0 spiro atoms. The van der Waals surface area contributed by atoms with E-state index in [-0.39, 0.29) is 5.95 Å². The highest BCUT2D eigenvalue weighted by molar-refractivity contribution is 6.06. The van der Waals surface area contributed by atoms with Crippen LogP contribution in [-0.2, 0) is 0 Å². The average Bonchev–Trinajstić information content (AvgIpc) is 2.46. The van der Waals surface area contributed by atoms with E-state index in [9.17, 15) is 4.79 Å². The van der Waals surface area contributed by atoms with Gasteiger partial charge < -0.3 is 15.2 Å². The summed E-state index contributed by atoms with van der Waals surface area (Å²) in [7, 11) is 2.95. The number of para-hydroxylation sites is 1. The first-order valence-electron chi connectivity index (χ1n) is 6.18. The lowest BCUT2D eigenvalue weighted by Crippen LogP contribution is -2.16. The molecule has 1 heterocycles. The Hall–Kier alpha value is -2.83. The SMILES string of the molecule is COc1cc(C)nc(NC(=O)c2cccc(N)c2OC)n1. The Labute approximate surface area is 122 Å². The number of hydrogen-bond acceptors (Lipinski definition) is 6. The number of methoxy groups -OCH3 is 2. The van der Waals surface area contributed by atoms with Gasteiger partial charge in [-0.25, -0.2) is 4.98 Å². The van der Waals surface area contributed by atoms with Crippen molar-refractivity contribution in [2.45, 2.75) is 6.92 Å². The number of aryl methyl sites for hydroxylation is 1. The Morgan fingerprint density at radius 3 is 2.67 bits per heavy atom. The van der Waals surface area contributed by atoms with Gasteiger partial charge >= 0.3 is 0 Å². The van der Waals surface area contributed by atoms with Crippen LogP contribution in [0.15, 0.2) is 24.3 Å². The van der Waals surface area contributed by atoms with Gasteiger partial charge in [-0.1, -0.05) is 6.07 Å². The van der Waals surface area contributed by atoms with Gasteiger partial charge in [0.25, 0.3) is 5.91 Å². The Bertz CT molecular complexity index is 673. The fourth-order valence-corrected chi connectivity index (χ4v) is 1.83. The molecule has 3 N–H and O–H groups in total. The van der Waals surface area contributed by atoms with Gasteiger partial charge in [0.1, 0.15) is 0 Å². The van der Waals surface area contributed by atoms with Crippen LogP contribution in [0.4, 0.5) is 11.6 Å². The normalized spacial score (nSPS) is 10.0. The molecule has 1 aromatic carbocycles. The Balaban J connectivity index is 2.30. The van der Waals surface area contributed by atoms with Crippen molar-refractivity contribution in [1.82, 2.24) is 9.97 Å². The second-order valence-corrected chi connectivity index (χ2v) is 4.26. The Morgan fingerprint density at radius 1 is 1.24 bits per heavy atom. The van der Waals surface area contributed by atoms with E-state index < -0.39 is 5.91 Å². The van der Waals surface area contributed by atoms with Crippen molar-refractivity contribution in [1.29, 1.82) is 0 Å². The van der Waals surface area contributed by atoms with Gasteiger partial charge in [0.05, 0.1) is 25.5 Å². The molecule has 0 bridgehead atoms. The molecule has 7 heteroatoms. The summed E-state index contributed by atoms with van der Waals surface area (Å²) < 4.78 is 10.2. The molecule has 110 valence electrons. The number of nitrogens with zero attached hydrogens (tertiary/aromatic N) is 2. The number of nitrogens with two attached hydrogens (primary N) is 1. The molecule has 0 unspecified atom stereocenters. The molecule has 1 amide bonds. The first-order valence-corrected chi connectivity index (χ1v) is 6.18. The van der Waals surface area contributed by atoms with E-state index in [4.69, 9.17) is 15.2 Å². The van der Waals surface area contributed by atoms with Crippen LogP contribution in [0.5, 0.6) is 11.6 Å². The molecule has 21 heavy (non-hydrogen) atoms. The molecule has 0 aliphatic carbocycles. The summed E-state index contributed by atoms with van der Waals surface area (Å²) in [4.78, 5) is 20.5. The Kier molecular flexibility index (Phi) is 4.22. The quantitative estimate of drug-likeness (QED) is 0.830. The predicted molar refractivity (Wildman–Crippen MR) is 78.7 cm³/mol. The van der Waals surface area contributed by atoms with E-state index >= 15 is 0 Å². The zero-order chi connectivity index (χ0) is 15.4. The van der Waals surface area contributed by atoms with Crippen LogP contribution < -0.4 is 20.5 Å². The topological polar surface area (TPSA) is 99.4 Å². The van der Waals surface area contributed by atoms with Crippen molar-refractivity contribution in [2.24, 2.45) is 0 Å². The lowest BCUT2D eigenvalue weighted by atomic mass is 10.1. The monoisotopic (exact) mass is 288 g/mol. The summed E-state index contributed by atoms with van der Waals surface area (Å²) in [5.74, 6) is 0.431. The number of rotatable bonds is 4. The highest BCUT2D eigenvalue weighted by Gasteiger charge is 2.16. The molecule has 2 rings (SSSR count). The van der Waals surface area contributed by atoms with Crippen molar-refractivity contribution >= 4 is 17.5 Å². The van der Waals surface area contributed by atoms with Crippen LogP contribution in [0.25, 0.3) is 0 Å². The van der Waals surface area contributed by atoms with Crippen LogP contribution in [0, 0.1) is 6.92 Å². The van der Waals surface area contributed by atoms with Gasteiger partial charge in [0.2, 0.25) is 11.8 Å². The molecule has 0 saturated carbocycles. The second-order valence-electron chi connectivity index (χ2n) is 4.26. The first-order chi connectivity index (χ1) is 10.0. The van der Waals surface area contributed by atoms with E-state index in [2.05, 4.69) is 15.3 Å². The van der Waals surface area contributed by atoms with Crippen LogP contribution in [0.3, 0.4) is 0 Å². The summed E-state index contributed by atoms with van der Waals surface area (Å²) in [6, 6.07) is 6.60. The largest absolute Gasteiger partial charge is 0.494 e. The van der Waals surface area contributed by atoms with Gasteiger partial charge in [-0.2, -0.15) is 4.98 Å². The molecule has 2 aromatic rings. The maximum Gasteiger partial charge on any atom is 0.261 e. The van der Waals surface area contributed by atoms with E-state index in [0.29, 0.717) is 28.6 Å². The van der Waals surface area contributed by atoms with E-state index in [1.807, 2.05) is 0 Å². The van der Waals surface area contributed by atoms with Gasteiger partial charge in [-0.3, -0.25) is 10.1 Å². The molecule has 0 fully saturated rings. The molecule has 0 saturated heterocycles. The van der Waals surface area contributed by atoms with E-state index in [0.717, 1.165) is 0 Å². The highest BCUT2D eigenvalue weighted by atomic mass is 16.5. The van der Waals surface area contributed by atoms with E-state index in [1.165, 1.54) is 14.2 Å². The Morgan fingerprint density at radius 2 is 2.00 bits per heavy atom. The number of amides is 1. The zero-order valence-corrected chi connectivity index (χ0v) is 12.0. The van der Waals surface area contributed by atoms with Crippen molar-refractivity contribution in [3.8, 4) is 11.6 Å². The molecule has 0 atom stereocenters. The number of ether oxygens (including phenoxy) is 2. The average molecular weight is 288 g/mol. The summed E-state index contributed by atoms with van der Waals surface area (Å²) in [5, 5.41) is 2.60. The lowest BCUT2D eigenvalue weighted by molar-refractivity contribution is 0.102. The third-order valence-corrected chi connectivity index (χ3v) is 2.76. The summed E-state index contributed by atoms with van der Waals surface area (Å²) >= 11 is 0. The number of anilines is 2. The molecular formula is C14H16N4O3. The maximum absolute atomic E-state index is 12.3. The molecule has 0 aliphatic heterocycles. The predicted octanol–water partition coefficient (Wildman–Crippen LogP) is 1.64. The van der Waals surface area contributed by atoms with Crippen LogP contribution in [-0.4, -0.2) is 30.1 Å². The molecule has 0 aliphatic rings. The number of nitrogen functional groups attached to an aromatic ring is 1. The lowest BCUT2D eigenvalue weighted by Gasteiger charge is -2.11. The molecular weight excluding hydrogens is 272 g/mol. The van der Waals surface area contributed by atoms with Crippen molar-refractivity contribution in [3.63, 3.8) is 0 Å². The minimum Gasteiger partial charge on any atom is -0.494 e. The van der Waals surface area contributed by atoms with Crippen LogP contribution in [0.1, 0.15) is 16.1 Å². The number of carbonyl (C=O) groups excluding carboxylic acids is 1.